The van der Waals surface area contributed by atoms with E-state index in [-0.39, 0.29) is 6.54 Å². The summed E-state index contributed by atoms with van der Waals surface area (Å²) in [4.78, 5) is 52.1. The first-order chi connectivity index (χ1) is 13.4. The molecule has 5 amide bonds. The van der Waals surface area contributed by atoms with E-state index in [1.54, 1.807) is 19.1 Å². The van der Waals surface area contributed by atoms with Crippen molar-refractivity contribution in [2.75, 3.05) is 36.4 Å². The second-order valence-corrected chi connectivity index (χ2v) is 7.40. The Balaban J connectivity index is 1.57. The van der Waals surface area contributed by atoms with Crippen LogP contribution in [0.25, 0.3) is 0 Å². The van der Waals surface area contributed by atoms with Gasteiger partial charge >= 0.3 is 17.8 Å². The molecular weight excluding hydrogens is 360 g/mol. The fraction of sp³-hybridized carbons (Fsp3) is 0.500. The fourth-order valence-corrected chi connectivity index (χ4v) is 3.48. The quantitative estimate of drug-likeness (QED) is 0.597. The number of anilines is 2. The Bertz CT molecular complexity index is 769. The van der Waals surface area contributed by atoms with E-state index in [2.05, 4.69) is 17.1 Å². The SMILES string of the molecule is CCCN1C(=O)C(=O)N(CC(=O)Nc2ccc(N3CCC(C)CC3)cc2)C1=O. The van der Waals surface area contributed by atoms with E-state index in [1.165, 1.54) is 12.8 Å². The van der Waals surface area contributed by atoms with Gasteiger partial charge in [-0.1, -0.05) is 13.8 Å². The molecular formula is C20H26N4O4. The molecule has 2 fully saturated rings. The molecule has 28 heavy (non-hydrogen) atoms. The Morgan fingerprint density at radius 1 is 1.04 bits per heavy atom. The lowest BCUT2D eigenvalue weighted by atomic mass is 9.99. The minimum Gasteiger partial charge on any atom is -0.372 e. The highest BCUT2D eigenvalue weighted by Gasteiger charge is 2.44. The van der Waals surface area contributed by atoms with Crippen LogP contribution in [0.2, 0.25) is 0 Å². The average Bonchev–Trinajstić information content (AvgIpc) is 2.88. The topological polar surface area (TPSA) is 90.0 Å². The van der Waals surface area contributed by atoms with Crippen molar-refractivity contribution in [3.8, 4) is 0 Å². The zero-order valence-corrected chi connectivity index (χ0v) is 16.3. The van der Waals surface area contributed by atoms with Gasteiger partial charge < -0.3 is 10.2 Å². The Morgan fingerprint density at radius 2 is 1.64 bits per heavy atom. The molecule has 0 spiro atoms. The van der Waals surface area contributed by atoms with Crippen molar-refractivity contribution in [2.45, 2.75) is 33.1 Å². The highest BCUT2D eigenvalue weighted by Crippen LogP contribution is 2.24. The van der Waals surface area contributed by atoms with Crippen LogP contribution in [-0.4, -0.2) is 59.7 Å². The van der Waals surface area contributed by atoms with Gasteiger partial charge in [-0.25, -0.2) is 9.69 Å². The van der Waals surface area contributed by atoms with E-state index >= 15 is 0 Å². The number of carbonyl (C=O) groups excluding carboxylic acids is 4. The summed E-state index contributed by atoms with van der Waals surface area (Å²) in [6.45, 7) is 5.80. The first kappa shape index (κ1) is 19.9. The molecule has 0 radical (unpaired) electrons. The smallest absolute Gasteiger partial charge is 0.334 e. The lowest BCUT2D eigenvalue weighted by molar-refractivity contribution is -0.143. The van der Waals surface area contributed by atoms with Gasteiger partial charge in [0.2, 0.25) is 5.91 Å². The molecule has 150 valence electrons. The third kappa shape index (κ3) is 4.16. The van der Waals surface area contributed by atoms with Gasteiger partial charge in [0.25, 0.3) is 0 Å². The fourth-order valence-electron chi connectivity index (χ4n) is 3.48. The molecule has 3 rings (SSSR count). The van der Waals surface area contributed by atoms with Crippen LogP contribution in [0.4, 0.5) is 16.2 Å². The summed E-state index contributed by atoms with van der Waals surface area (Å²) >= 11 is 0. The molecule has 0 saturated carbocycles. The summed E-state index contributed by atoms with van der Waals surface area (Å²) < 4.78 is 0. The van der Waals surface area contributed by atoms with Gasteiger partial charge in [-0.15, -0.1) is 0 Å². The lowest BCUT2D eigenvalue weighted by Crippen LogP contribution is -2.39. The normalized spacial score (nSPS) is 18.2. The van der Waals surface area contributed by atoms with Crippen molar-refractivity contribution in [3.63, 3.8) is 0 Å². The van der Waals surface area contributed by atoms with E-state index in [4.69, 9.17) is 0 Å². The average molecular weight is 386 g/mol. The maximum Gasteiger partial charge on any atom is 0.334 e. The molecule has 2 aliphatic heterocycles. The number of nitrogens with zero attached hydrogens (tertiary/aromatic N) is 3. The van der Waals surface area contributed by atoms with Gasteiger partial charge in [-0.2, -0.15) is 0 Å². The molecule has 1 aromatic rings. The summed E-state index contributed by atoms with van der Waals surface area (Å²) in [5, 5.41) is 2.68. The van der Waals surface area contributed by atoms with E-state index in [1.807, 2.05) is 12.1 Å². The molecule has 0 aliphatic carbocycles. The number of carbonyl (C=O) groups is 4. The number of hydrogen-bond donors (Lipinski definition) is 1. The number of piperidine rings is 1. The highest BCUT2D eigenvalue weighted by molar-refractivity contribution is 6.45. The van der Waals surface area contributed by atoms with Crippen molar-refractivity contribution in [2.24, 2.45) is 5.92 Å². The predicted molar refractivity (Wildman–Crippen MR) is 105 cm³/mol. The van der Waals surface area contributed by atoms with Crippen molar-refractivity contribution in [1.82, 2.24) is 9.80 Å². The van der Waals surface area contributed by atoms with E-state index < -0.39 is 30.3 Å². The molecule has 2 saturated heterocycles. The number of imide groups is 2. The summed E-state index contributed by atoms with van der Waals surface area (Å²) in [5.41, 5.74) is 1.69. The molecule has 2 aliphatic rings. The van der Waals surface area contributed by atoms with E-state index in [9.17, 15) is 19.2 Å². The van der Waals surface area contributed by atoms with Crippen LogP contribution in [0.15, 0.2) is 24.3 Å². The second-order valence-electron chi connectivity index (χ2n) is 7.40. The minimum atomic E-state index is -0.955. The number of urea groups is 1. The van der Waals surface area contributed by atoms with Gasteiger partial charge in [0.15, 0.2) is 0 Å². The summed E-state index contributed by atoms with van der Waals surface area (Å²) in [7, 11) is 0. The van der Waals surface area contributed by atoms with Crippen LogP contribution < -0.4 is 10.2 Å². The van der Waals surface area contributed by atoms with Crippen molar-refractivity contribution < 1.29 is 19.2 Å². The number of benzene rings is 1. The summed E-state index contributed by atoms with van der Waals surface area (Å²) in [6, 6.07) is 6.76. The number of amides is 5. The maximum atomic E-state index is 12.3. The molecule has 8 heteroatoms. The predicted octanol–water partition coefficient (Wildman–Crippen LogP) is 2.06. The minimum absolute atomic E-state index is 0.165. The third-order valence-corrected chi connectivity index (χ3v) is 5.18. The molecule has 2 heterocycles. The zero-order valence-electron chi connectivity index (χ0n) is 16.3. The Morgan fingerprint density at radius 3 is 2.25 bits per heavy atom. The van der Waals surface area contributed by atoms with Crippen LogP contribution in [0.5, 0.6) is 0 Å². The maximum absolute atomic E-state index is 12.3. The molecule has 0 aromatic heterocycles. The second kappa shape index (κ2) is 8.41. The van der Waals surface area contributed by atoms with Crippen LogP contribution in [0, 0.1) is 5.92 Å². The van der Waals surface area contributed by atoms with Gasteiger partial charge in [-0.05, 0) is 49.4 Å². The molecule has 8 nitrogen and oxygen atoms in total. The molecule has 0 atom stereocenters. The summed E-state index contributed by atoms with van der Waals surface area (Å²) in [5.74, 6) is -1.60. The monoisotopic (exact) mass is 386 g/mol. The first-order valence-corrected chi connectivity index (χ1v) is 9.73. The summed E-state index contributed by atoms with van der Waals surface area (Å²) in [6.07, 6.45) is 2.89. The molecule has 0 unspecified atom stereocenters. The first-order valence-electron chi connectivity index (χ1n) is 9.73. The Labute approximate surface area is 164 Å². The highest BCUT2D eigenvalue weighted by atomic mass is 16.2. The number of nitrogens with one attached hydrogen (secondary N) is 1. The van der Waals surface area contributed by atoms with E-state index in [0.717, 1.165) is 29.6 Å². The van der Waals surface area contributed by atoms with Gasteiger partial charge in [0.05, 0.1) is 0 Å². The third-order valence-electron chi connectivity index (χ3n) is 5.18. The molecule has 1 N–H and O–H groups in total. The Kier molecular flexibility index (Phi) is 5.96. The van der Waals surface area contributed by atoms with Crippen molar-refractivity contribution in [3.05, 3.63) is 24.3 Å². The van der Waals surface area contributed by atoms with E-state index in [0.29, 0.717) is 17.0 Å². The van der Waals surface area contributed by atoms with Gasteiger partial charge in [0.1, 0.15) is 6.54 Å². The van der Waals surface area contributed by atoms with Gasteiger partial charge in [0, 0.05) is 31.0 Å². The van der Waals surface area contributed by atoms with Crippen molar-refractivity contribution in [1.29, 1.82) is 0 Å². The van der Waals surface area contributed by atoms with Crippen LogP contribution in [0.3, 0.4) is 0 Å². The van der Waals surface area contributed by atoms with Crippen LogP contribution in [0.1, 0.15) is 33.1 Å². The van der Waals surface area contributed by atoms with Crippen LogP contribution >= 0.6 is 0 Å². The molecule has 1 aromatic carbocycles. The van der Waals surface area contributed by atoms with Crippen molar-refractivity contribution >= 4 is 35.1 Å². The van der Waals surface area contributed by atoms with Crippen LogP contribution in [-0.2, 0) is 14.4 Å². The Hall–Kier alpha value is -2.90. The van der Waals surface area contributed by atoms with Gasteiger partial charge in [-0.3, -0.25) is 19.3 Å². The number of hydrogen-bond acceptors (Lipinski definition) is 5. The standard InChI is InChI=1S/C20H26N4O4/c1-3-10-23-18(26)19(27)24(20(23)28)13-17(25)21-15-4-6-16(7-5-15)22-11-8-14(2)9-12-22/h4-7,14H,3,8-13H2,1-2H3,(H,21,25). The molecule has 0 bridgehead atoms. The lowest BCUT2D eigenvalue weighted by Gasteiger charge is -2.32. The zero-order chi connectivity index (χ0) is 20.3. The number of rotatable bonds is 6. The largest absolute Gasteiger partial charge is 0.372 e.